The van der Waals surface area contributed by atoms with Gasteiger partial charge in [-0.1, -0.05) is 322 Å². The van der Waals surface area contributed by atoms with Crippen molar-refractivity contribution in [3.63, 3.8) is 0 Å². The van der Waals surface area contributed by atoms with Gasteiger partial charge in [0, 0.05) is 0 Å². The Bertz CT molecular complexity index is 5010. The van der Waals surface area contributed by atoms with Crippen LogP contribution in [0.3, 0.4) is 0 Å². The lowest BCUT2D eigenvalue weighted by Crippen LogP contribution is -1.95. The first kappa shape index (κ1) is 56.1. The maximum atomic E-state index is 2.52. The molecule has 15 rings (SSSR count). The molecule has 0 aromatic heterocycles. The molecular weight excluding hydrogens is 1090 g/mol. The highest BCUT2D eigenvalue weighted by Gasteiger charge is 2.22. The molecular formula is C91H66. The third-order valence-electron chi connectivity index (χ3n) is 18.3. The summed E-state index contributed by atoms with van der Waals surface area (Å²) in [5.41, 5.74) is 28.6. The van der Waals surface area contributed by atoms with Crippen molar-refractivity contribution in [2.45, 2.75) is 20.3 Å². The van der Waals surface area contributed by atoms with Crippen molar-refractivity contribution in [3.05, 3.63) is 363 Å². The summed E-state index contributed by atoms with van der Waals surface area (Å²) in [5.74, 6) is 0. The first-order valence-corrected chi connectivity index (χ1v) is 31.8. The van der Waals surface area contributed by atoms with Gasteiger partial charge < -0.3 is 0 Å². The van der Waals surface area contributed by atoms with Crippen LogP contribution in [-0.2, 0) is 0 Å². The molecule has 0 saturated heterocycles. The van der Waals surface area contributed by atoms with Gasteiger partial charge in [0.1, 0.15) is 0 Å². The number of benzene rings is 15. The van der Waals surface area contributed by atoms with Crippen LogP contribution in [-0.4, -0.2) is 0 Å². The molecule has 0 nitrogen and oxygen atoms in total. The van der Waals surface area contributed by atoms with Crippen LogP contribution in [0.4, 0.5) is 0 Å². The largest absolute Gasteiger partial charge is 0.0622 e. The van der Waals surface area contributed by atoms with E-state index >= 15 is 0 Å². The summed E-state index contributed by atoms with van der Waals surface area (Å²) >= 11 is 0. The molecule has 0 aliphatic heterocycles. The zero-order chi connectivity index (χ0) is 61.0. The summed E-state index contributed by atoms with van der Waals surface area (Å²) in [6, 6.07) is 126. The number of hydrogen-bond donors (Lipinski definition) is 0. The molecule has 0 N–H and O–H groups in total. The minimum Gasteiger partial charge on any atom is -0.0622 e. The van der Waals surface area contributed by atoms with Crippen molar-refractivity contribution < 1.29 is 0 Å². The van der Waals surface area contributed by atoms with Crippen molar-refractivity contribution in [2.24, 2.45) is 0 Å². The Hall–Kier alpha value is -11.4. The first-order valence-electron chi connectivity index (χ1n) is 31.8. The normalized spacial score (nSPS) is 11.8. The van der Waals surface area contributed by atoms with Crippen molar-refractivity contribution in [1.29, 1.82) is 0 Å². The number of allylic oxidation sites excluding steroid dienone is 4. The lowest BCUT2D eigenvalue weighted by Gasteiger charge is -2.21. The summed E-state index contributed by atoms with van der Waals surface area (Å²) in [7, 11) is 0. The molecule has 15 aromatic rings. The van der Waals surface area contributed by atoms with Crippen LogP contribution in [0.1, 0.15) is 31.4 Å². The van der Waals surface area contributed by atoms with Gasteiger partial charge in [-0.15, -0.1) is 0 Å². The van der Waals surface area contributed by atoms with Crippen LogP contribution < -0.4 is 0 Å². The average Bonchev–Trinajstić information content (AvgIpc) is 0.726. The molecule has 0 heterocycles. The molecule has 0 atom stereocenters. The van der Waals surface area contributed by atoms with Crippen LogP contribution in [0, 0.1) is 0 Å². The van der Waals surface area contributed by atoms with E-state index in [9.17, 15) is 0 Å². The van der Waals surface area contributed by atoms with Crippen LogP contribution in [0.2, 0.25) is 0 Å². The van der Waals surface area contributed by atoms with E-state index in [0.717, 1.165) is 28.7 Å². The summed E-state index contributed by atoms with van der Waals surface area (Å²) in [6.07, 6.45) is 5.60. The molecule has 0 amide bonds. The summed E-state index contributed by atoms with van der Waals surface area (Å²) in [6.45, 7) is 4.55. The molecule has 0 bridgehead atoms. The van der Waals surface area contributed by atoms with Gasteiger partial charge in [0.15, 0.2) is 0 Å². The van der Waals surface area contributed by atoms with Crippen LogP contribution >= 0.6 is 0 Å². The second-order valence-corrected chi connectivity index (χ2v) is 23.8. The fraction of sp³-hybridized carbons (Fsp3) is 0.0330. The lowest BCUT2D eigenvalue weighted by atomic mass is 9.82. The smallest absolute Gasteiger partial charge is 0.00921 e. The highest BCUT2D eigenvalue weighted by molar-refractivity contribution is 6.29. The Labute approximate surface area is 534 Å². The van der Waals surface area contributed by atoms with Gasteiger partial charge in [0.2, 0.25) is 0 Å². The molecule has 0 saturated carbocycles. The molecule has 0 unspecified atom stereocenters. The lowest BCUT2D eigenvalue weighted by molar-refractivity contribution is 1.24. The molecule has 0 radical (unpaired) electrons. The van der Waals surface area contributed by atoms with Crippen LogP contribution in [0.15, 0.2) is 352 Å². The van der Waals surface area contributed by atoms with Gasteiger partial charge in [-0.05, 0) is 216 Å². The van der Waals surface area contributed by atoms with Crippen molar-refractivity contribution in [1.82, 2.24) is 0 Å². The second kappa shape index (κ2) is 25.0. The van der Waals surface area contributed by atoms with Gasteiger partial charge in [-0.3, -0.25) is 0 Å². The van der Waals surface area contributed by atoms with Crippen molar-refractivity contribution in [2.75, 3.05) is 0 Å². The van der Waals surface area contributed by atoms with Gasteiger partial charge >= 0.3 is 0 Å². The van der Waals surface area contributed by atoms with Crippen LogP contribution in [0.25, 0.3) is 155 Å². The maximum absolute atomic E-state index is 2.52. The monoisotopic (exact) mass is 1160 g/mol. The third-order valence-corrected chi connectivity index (χ3v) is 18.3. The average molecular weight is 1160 g/mol. The van der Waals surface area contributed by atoms with Gasteiger partial charge in [0.05, 0.1) is 0 Å². The van der Waals surface area contributed by atoms with Gasteiger partial charge in [0.25, 0.3) is 0 Å². The SMILES string of the molecule is CC/C(=C\C=C(/C)c1cc2c(cc1-c1ccc(-c3ccccc3)cc1)c1cc(-c3ccc(-c4ccccc4)cc3)c(-c3ccc(-c4ccccc4)cc3)cc1c1cc(-c3ccc(-c4ccccc4)cc3)c(-c3ccc(-c4ccccc4)cc3)cc21)c1ccccc1. The summed E-state index contributed by atoms with van der Waals surface area (Å²) in [4.78, 5) is 0. The van der Waals surface area contributed by atoms with Crippen molar-refractivity contribution in [3.8, 4) is 111 Å². The molecule has 15 aromatic carbocycles. The molecule has 0 aliphatic carbocycles. The standard InChI is InChI=1S/C91H66/c1-3-63(64-22-10-4-11-23-64)35-34-62(2)80-56-86-87(57-81(80)75-46-36-70(37-47-75)65-24-12-5-13-25-65)89-59-83(77-50-40-72(41-51-77)67-28-16-7-17-29-67)85(79-54-44-74(45-55-79)69-32-20-9-21-33-69)61-91(89)90-60-84(78-52-42-73(43-53-78)68-30-18-8-19-31-68)82(58-88(86)90)76-48-38-71(39-49-76)66-26-14-6-15-27-66/h4-61H,3H2,1-2H3/b62-34+,63-35+. The topological polar surface area (TPSA) is 0 Å². The number of fused-ring (bicyclic) bond motifs is 6. The van der Waals surface area contributed by atoms with Crippen molar-refractivity contribution >= 4 is 43.5 Å². The Morgan fingerprint density at radius 2 is 0.429 bits per heavy atom. The summed E-state index contributed by atoms with van der Waals surface area (Å²) < 4.78 is 0. The van der Waals surface area contributed by atoms with E-state index < -0.39 is 0 Å². The molecule has 0 heteroatoms. The highest BCUT2D eigenvalue weighted by Crippen LogP contribution is 2.48. The predicted molar refractivity (Wildman–Crippen MR) is 392 cm³/mol. The first-order chi connectivity index (χ1) is 45.0. The van der Waals surface area contributed by atoms with E-state index in [0.29, 0.717) is 0 Å². The summed E-state index contributed by atoms with van der Waals surface area (Å²) in [5, 5.41) is 7.21. The minimum atomic E-state index is 0.916. The molecule has 0 fully saturated rings. The van der Waals surface area contributed by atoms with E-state index in [1.165, 1.54) is 144 Å². The van der Waals surface area contributed by atoms with E-state index in [1.807, 2.05) is 0 Å². The zero-order valence-electron chi connectivity index (χ0n) is 51.2. The molecule has 91 heavy (non-hydrogen) atoms. The molecule has 430 valence electrons. The van der Waals surface area contributed by atoms with E-state index in [2.05, 4.69) is 366 Å². The van der Waals surface area contributed by atoms with E-state index in [4.69, 9.17) is 0 Å². The molecule has 0 spiro atoms. The third kappa shape index (κ3) is 11.3. The quantitative estimate of drug-likeness (QED) is 0.0752. The highest BCUT2D eigenvalue weighted by atomic mass is 14.3. The second-order valence-electron chi connectivity index (χ2n) is 23.8. The zero-order valence-corrected chi connectivity index (χ0v) is 51.2. The Balaban J connectivity index is 1.04. The van der Waals surface area contributed by atoms with Gasteiger partial charge in [-0.2, -0.15) is 0 Å². The Morgan fingerprint density at radius 3 is 0.692 bits per heavy atom. The van der Waals surface area contributed by atoms with E-state index in [-0.39, 0.29) is 0 Å². The van der Waals surface area contributed by atoms with Crippen LogP contribution in [0.5, 0.6) is 0 Å². The van der Waals surface area contributed by atoms with E-state index in [1.54, 1.807) is 0 Å². The fourth-order valence-corrected chi connectivity index (χ4v) is 13.4. The minimum absolute atomic E-state index is 0.916. The Morgan fingerprint density at radius 1 is 0.220 bits per heavy atom. The number of hydrogen-bond acceptors (Lipinski definition) is 0. The Kier molecular flexibility index (Phi) is 15.4. The number of rotatable bonds is 14. The predicted octanol–water partition coefficient (Wildman–Crippen LogP) is 25.7. The van der Waals surface area contributed by atoms with Gasteiger partial charge in [-0.25, -0.2) is 0 Å². The maximum Gasteiger partial charge on any atom is -0.00921 e. The molecule has 0 aliphatic rings. The fourth-order valence-electron chi connectivity index (χ4n) is 13.4.